The molecule has 0 aromatic heterocycles. The first-order valence-electron chi connectivity index (χ1n) is 6.27. The molecule has 0 radical (unpaired) electrons. The predicted octanol–water partition coefficient (Wildman–Crippen LogP) is 2.34. The van der Waals surface area contributed by atoms with E-state index < -0.39 is 10.9 Å². The summed E-state index contributed by atoms with van der Waals surface area (Å²) >= 11 is 0. The molecule has 0 fully saturated rings. The van der Waals surface area contributed by atoms with E-state index in [1.165, 1.54) is 24.3 Å². The van der Waals surface area contributed by atoms with Gasteiger partial charge in [0.25, 0.3) is 5.69 Å². The summed E-state index contributed by atoms with van der Waals surface area (Å²) in [7, 11) is 3.92. The lowest BCUT2D eigenvalue weighted by Gasteiger charge is -2.27. The van der Waals surface area contributed by atoms with Crippen molar-refractivity contribution >= 4 is 11.7 Å². The van der Waals surface area contributed by atoms with Gasteiger partial charge in [-0.2, -0.15) is 0 Å². The molecule has 0 saturated carbocycles. The number of nitrogens with zero attached hydrogens (tertiary/aromatic N) is 2. The summed E-state index contributed by atoms with van der Waals surface area (Å²) < 4.78 is 5.26. The number of hydrogen-bond donors (Lipinski definition) is 0. The molecule has 20 heavy (non-hydrogen) atoms. The monoisotopic (exact) mass is 280 g/mol. The highest BCUT2D eigenvalue weighted by Crippen LogP contribution is 2.18. The van der Waals surface area contributed by atoms with Crippen LogP contribution in [0.2, 0.25) is 0 Å². The summed E-state index contributed by atoms with van der Waals surface area (Å²) in [6.07, 6.45) is 0. The Kier molecular flexibility index (Phi) is 5.21. The number of carbonyl (C=O) groups excluding carboxylic acids is 1. The van der Waals surface area contributed by atoms with Crippen LogP contribution in [-0.4, -0.2) is 43.0 Å². The largest absolute Gasteiger partial charge is 0.461 e. The van der Waals surface area contributed by atoms with Crippen molar-refractivity contribution in [1.29, 1.82) is 0 Å². The molecule has 1 aromatic carbocycles. The molecule has 0 amide bonds. The normalized spacial score (nSPS) is 11.4. The van der Waals surface area contributed by atoms with E-state index in [1.807, 2.05) is 32.8 Å². The molecular weight excluding hydrogens is 260 g/mol. The third kappa shape index (κ3) is 4.97. The SMILES string of the molecule is CN(C)CC(C)(C)COC(=O)c1ccc([N+](=O)[O-])cc1. The van der Waals surface area contributed by atoms with Crippen LogP contribution in [0.4, 0.5) is 5.69 Å². The summed E-state index contributed by atoms with van der Waals surface area (Å²) in [5.74, 6) is -0.466. The lowest BCUT2D eigenvalue weighted by molar-refractivity contribution is -0.384. The zero-order valence-electron chi connectivity index (χ0n) is 12.3. The lowest BCUT2D eigenvalue weighted by atomic mass is 9.94. The second kappa shape index (κ2) is 6.47. The summed E-state index contributed by atoms with van der Waals surface area (Å²) in [6, 6.07) is 5.39. The van der Waals surface area contributed by atoms with Gasteiger partial charge in [0.2, 0.25) is 0 Å². The molecule has 0 unspecified atom stereocenters. The smallest absolute Gasteiger partial charge is 0.338 e. The van der Waals surface area contributed by atoms with E-state index in [4.69, 9.17) is 4.74 Å². The van der Waals surface area contributed by atoms with E-state index in [0.29, 0.717) is 12.2 Å². The van der Waals surface area contributed by atoms with Crippen LogP contribution in [0.15, 0.2) is 24.3 Å². The fourth-order valence-electron chi connectivity index (χ4n) is 1.97. The second-order valence-electron chi connectivity index (χ2n) is 5.78. The van der Waals surface area contributed by atoms with Crippen molar-refractivity contribution in [1.82, 2.24) is 4.90 Å². The molecule has 0 aliphatic heterocycles. The van der Waals surface area contributed by atoms with Gasteiger partial charge in [-0.25, -0.2) is 4.79 Å². The Balaban J connectivity index is 2.61. The Bertz CT molecular complexity index is 480. The maximum absolute atomic E-state index is 11.9. The summed E-state index contributed by atoms with van der Waals surface area (Å²) in [4.78, 5) is 23.9. The molecule has 0 bridgehead atoms. The number of esters is 1. The van der Waals surface area contributed by atoms with Crippen LogP contribution in [0.1, 0.15) is 24.2 Å². The molecule has 6 heteroatoms. The van der Waals surface area contributed by atoms with E-state index >= 15 is 0 Å². The van der Waals surface area contributed by atoms with Crippen molar-refractivity contribution in [2.45, 2.75) is 13.8 Å². The summed E-state index contributed by atoms with van der Waals surface area (Å²) in [6.45, 7) is 5.10. The Labute approximate surface area is 118 Å². The molecule has 1 aromatic rings. The third-order valence-corrected chi connectivity index (χ3v) is 2.65. The highest BCUT2D eigenvalue weighted by molar-refractivity contribution is 5.89. The number of rotatable bonds is 6. The van der Waals surface area contributed by atoms with Crippen molar-refractivity contribution < 1.29 is 14.5 Å². The Morgan fingerprint density at radius 3 is 2.30 bits per heavy atom. The first-order valence-corrected chi connectivity index (χ1v) is 6.27. The van der Waals surface area contributed by atoms with Gasteiger partial charge in [0, 0.05) is 24.1 Å². The number of ether oxygens (including phenoxy) is 1. The van der Waals surface area contributed by atoms with Gasteiger partial charge in [0.05, 0.1) is 17.1 Å². The maximum atomic E-state index is 11.9. The van der Waals surface area contributed by atoms with Crippen LogP contribution in [0.5, 0.6) is 0 Å². The highest BCUT2D eigenvalue weighted by atomic mass is 16.6. The third-order valence-electron chi connectivity index (χ3n) is 2.65. The quantitative estimate of drug-likeness (QED) is 0.454. The molecule has 0 aliphatic rings. The summed E-state index contributed by atoms with van der Waals surface area (Å²) in [5, 5.41) is 10.5. The number of benzene rings is 1. The van der Waals surface area contributed by atoms with Crippen LogP contribution >= 0.6 is 0 Å². The molecule has 0 heterocycles. The van der Waals surface area contributed by atoms with Crippen LogP contribution < -0.4 is 0 Å². The van der Waals surface area contributed by atoms with Gasteiger partial charge < -0.3 is 9.64 Å². The van der Waals surface area contributed by atoms with Gasteiger partial charge in [-0.05, 0) is 26.2 Å². The van der Waals surface area contributed by atoms with Crippen molar-refractivity contribution in [3.05, 3.63) is 39.9 Å². The van der Waals surface area contributed by atoms with E-state index in [0.717, 1.165) is 6.54 Å². The molecule has 1 rings (SSSR count). The first kappa shape index (κ1) is 16.1. The molecule has 0 aliphatic carbocycles. The molecule has 0 spiro atoms. The zero-order chi connectivity index (χ0) is 15.3. The van der Waals surface area contributed by atoms with Crippen LogP contribution in [0.3, 0.4) is 0 Å². The van der Waals surface area contributed by atoms with Crippen molar-refractivity contribution in [2.75, 3.05) is 27.2 Å². The predicted molar refractivity (Wildman–Crippen MR) is 75.7 cm³/mol. The highest BCUT2D eigenvalue weighted by Gasteiger charge is 2.22. The number of nitro groups is 1. The minimum absolute atomic E-state index is 0.0468. The van der Waals surface area contributed by atoms with Crippen LogP contribution in [-0.2, 0) is 4.74 Å². The second-order valence-corrected chi connectivity index (χ2v) is 5.78. The molecule has 0 atom stereocenters. The van der Waals surface area contributed by atoms with E-state index in [-0.39, 0.29) is 11.1 Å². The standard InChI is InChI=1S/C14H20N2O4/c1-14(2,9-15(3)4)10-20-13(17)11-5-7-12(8-6-11)16(18)19/h5-8H,9-10H2,1-4H3. The molecule has 0 saturated heterocycles. The average Bonchev–Trinajstić information content (AvgIpc) is 2.34. The topological polar surface area (TPSA) is 72.7 Å². The van der Waals surface area contributed by atoms with Crippen LogP contribution in [0, 0.1) is 15.5 Å². The molecular formula is C14H20N2O4. The number of non-ortho nitro benzene ring substituents is 1. The van der Waals surface area contributed by atoms with Gasteiger partial charge in [-0.1, -0.05) is 13.8 Å². The number of carbonyl (C=O) groups is 1. The molecule has 0 N–H and O–H groups in total. The van der Waals surface area contributed by atoms with Gasteiger partial charge in [0.15, 0.2) is 0 Å². The minimum atomic E-state index is -0.505. The Morgan fingerprint density at radius 1 is 1.30 bits per heavy atom. The van der Waals surface area contributed by atoms with Gasteiger partial charge in [0.1, 0.15) is 0 Å². The fraction of sp³-hybridized carbons (Fsp3) is 0.500. The van der Waals surface area contributed by atoms with Crippen LogP contribution in [0.25, 0.3) is 0 Å². The van der Waals surface area contributed by atoms with E-state index in [9.17, 15) is 14.9 Å². The number of nitro benzene ring substituents is 1. The fourth-order valence-corrected chi connectivity index (χ4v) is 1.97. The van der Waals surface area contributed by atoms with Crippen molar-refractivity contribution in [3.63, 3.8) is 0 Å². The van der Waals surface area contributed by atoms with Gasteiger partial charge in [-0.3, -0.25) is 10.1 Å². The minimum Gasteiger partial charge on any atom is -0.461 e. The lowest BCUT2D eigenvalue weighted by Crippen LogP contribution is -2.33. The number of hydrogen-bond acceptors (Lipinski definition) is 5. The summed E-state index contributed by atoms with van der Waals surface area (Å²) in [5.41, 5.74) is 0.116. The average molecular weight is 280 g/mol. The Hall–Kier alpha value is -1.95. The van der Waals surface area contributed by atoms with Crippen molar-refractivity contribution in [3.8, 4) is 0 Å². The maximum Gasteiger partial charge on any atom is 0.338 e. The van der Waals surface area contributed by atoms with Gasteiger partial charge in [-0.15, -0.1) is 0 Å². The first-order chi connectivity index (χ1) is 9.21. The zero-order valence-corrected chi connectivity index (χ0v) is 12.3. The molecule has 6 nitrogen and oxygen atoms in total. The van der Waals surface area contributed by atoms with E-state index in [2.05, 4.69) is 0 Å². The van der Waals surface area contributed by atoms with Crippen molar-refractivity contribution in [2.24, 2.45) is 5.41 Å². The molecule has 110 valence electrons. The van der Waals surface area contributed by atoms with E-state index in [1.54, 1.807) is 0 Å². The Morgan fingerprint density at radius 2 is 1.85 bits per heavy atom. The van der Waals surface area contributed by atoms with Gasteiger partial charge >= 0.3 is 5.97 Å².